The molecule has 1 N–H and O–H groups in total. The highest BCUT2D eigenvalue weighted by Crippen LogP contribution is 2.15. The first-order valence-corrected chi connectivity index (χ1v) is 7.10. The van der Waals surface area contributed by atoms with Gasteiger partial charge in [-0.1, -0.05) is 6.92 Å². The summed E-state index contributed by atoms with van der Waals surface area (Å²) in [6.07, 6.45) is 5.48. The summed E-state index contributed by atoms with van der Waals surface area (Å²) in [5.41, 5.74) is 1.19. The number of hydrogen-bond donors (Lipinski definition) is 1. The summed E-state index contributed by atoms with van der Waals surface area (Å²) < 4.78 is 2.11. The fourth-order valence-electron chi connectivity index (χ4n) is 2.51. The number of hydrogen-bond acceptors (Lipinski definition) is 4. The van der Waals surface area contributed by atoms with Gasteiger partial charge in [-0.2, -0.15) is 0 Å². The van der Waals surface area contributed by atoms with Gasteiger partial charge in [0.05, 0.1) is 5.69 Å². The second-order valence-corrected chi connectivity index (χ2v) is 5.41. The second-order valence-electron chi connectivity index (χ2n) is 4.53. The molecule has 1 aliphatic heterocycles. The van der Waals surface area contributed by atoms with Crippen molar-refractivity contribution in [1.29, 1.82) is 0 Å². The van der Waals surface area contributed by atoms with Crippen LogP contribution in [0.1, 0.15) is 19.0 Å². The van der Waals surface area contributed by atoms with Gasteiger partial charge >= 0.3 is 0 Å². The summed E-state index contributed by atoms with van der Waals surface area (Å²) in [4.78, 5) is 8.27. The molecule has 0 radical (unpaired) electrons. The summed E-state index contributed by atoms with van der Waals surface area (Å²) in [5, 5.41) is 5.50. The molecule has 92 valence electrons. The summed E-state index contributed by atoms with van der Waals surface area (Å²) >= 11 is 1.70. The Bertz CT molecular complexity index is 455. The molecule has 1 atom stereocenters. The van der Waals surface area contributed by atoms with E-state index in [0.29, 0.717) is 6.04 Å². The van der Waals surface area contributed by atoms with Crippen LogP contribution in [0.5, 0.6) is 0 Å². The first kappa shape index (κ1) is 11.2. The standard InChI is InChI=1S/C12H18N4S/c1-2-15(11-3-4-13-7-11)8-10-9-16-5-6-17-12(16)14-10/h5-6,9,11,13H,2-4,7-8H2,1H3. The number of thiazole rings is 1. The van der Waals surface area contributed by atoms with Gasteiger partial charge in [0.15, 0.2) is 4.96 Å². The molecule has 3 rings (SSSR count). The lowest BCUT2D eigenvalue weighted by atomic mass is 10.2. The third kappa shape index (κ3) is 2.22. The monoisotopic (exact) mass is 250 g/mol. The molecule has 1 saturated heterocycles. The van der Waals surface area contributed by atoms with Gasteiger partial charge in [-0.25, -0.2) is 4.98 Å². The minimum atomic E-state index is 0.680. The Kier molecular flexibility index (Phi) is 3.13. The van der Waals surface area contributed by atoms with Crippen molar-refractivity contribution in [1.82, 2.24) is 19.6 Å². The maximum absolute atomic E-state index is 4.65. The molecule has 0 saturated carbocycles. The molecule has 0 spiro atoms. The third-order valence-electron chi connectivity index (χ3n) is 3.47. The van der Waals surface area contributed by atoms with E-state index >= 15 is 0 Å². The van der Waals surface area contributed by atoms with Crippen molar-refractivity contribution in [3.8, 4) is 0 Å². The molecule has 17 heavy (non-hydrogen) atoms. The van der Waals surface area contributed by atoms with Crippen molar-refractivity contribution >= 4 is 16.3 Å². The van der Waals surface area contributed by atoms with E-state index in [9.17, 15) is 0 Å². The predicted molar refractivity (Wildman–Crippen MR) is 70.4 cm³/mol. The fraction of sp³-hybridized carbons (Fsp3) is 0.583. The van der Waals surface area contributed by atoms with Crippen molar-refractivity contribution in [3.63, 3.8) is 0 Å². The number of nitrogens with zero attached hydrogens (tertiary/aromatic N) is 3. The second kappa shape index (κ2) is 4.76. The van der Waals surface area contributed by atoms with E-state index in [1.165, 1.54) is 12.1 Å². The molecule has 4 nitrogen and oxygen atoms in total. The zero-order chi connectivity index (χ0) is 11.7. The molecule has 1 unspecified atom stereocenters. The maximum Gasteiger partial charge on any atom is 0.193 e. The third-order valence-corrected chi connectivity index (χ3v) is 4.24. The molecular weight excluding hydrogens is 232 g/mol. The molecule has 3 heterocycles. The van der Waals surface area contributed by atoms with Crippen LogP contribution < -0.4 is 5.32 Å². The topological polar surface area (TPSA) is 32.6 Å². The van der Waals surface area contributed by atoms with Gasteiger partial charge in [-0.15, -0.1) is 11.3 Å². The van der Waals surface area contributed by atoms with Gasteiger partial charge < -0.3 is 5.32 Å². The number of fused-ring (bicyclic) bond motifs is 1. The Hall–Kier alpha value is -0.910. The van der Waals surface area contributed by atoms with Gasteiger partial charge in [0, 0.05) is 36.9 Å². The van der Waals surface area contributed by atoms with E-state index in [4.69, 9.17) is 0 Å². The normalized spacial score (nSPS) is 20.7. The van der Waals surface area contributed by atoms with Crippen molar-refractivity contribution in [2.24, 2.45) is 0 Å². The number of aromatic nitrogens is 2. The van der Waals surface area contributed by atoms with Crippen LogP contribution in [0.15, 0.2) is 17.8 Å². The minimum Gasteiger partial charge on any atom is -0.315 e. The Labute approximate surface area is 105 Å². The van der Waals surface area contributed by atoms with Crippen LogP contribution in [0.3, 0.4) is 0 Å². The van der Waals surface area contributed by atoms with E-state index in [-0.39, 0.29) is 0 Å². The maximum atomic E-state index is 4.65. The van der Waals surface area contributed by atoms with Crippen LogP contribution in [-0.2, 0) is 6.54 Å². The quantitative estimate of drug-likeness (QED) is 0.894. The van der Waals surface area contributed by atoms with Gasteiger partial charge in [0.2, 0.25) is 0 Å². The van der Waals surface area contributed by atoms with Crippen molar-refractivity contribution in [2.45, 2.75) is 25.9 Å². The first-order valence-electron chi connectivity index (χ1n) is 6.22. The first-order chi connectivity index (χ1) is 8.36. The molecule has 2 aromatic heterocycles. The highest BCUT2D eigenvalue weighted by molar-refractivity contribution is 7.15. The van der Waals surface area contributed by atoms with Crippen molar-refractivity contribution in [2.75, 3.05) is 19.6 Å². The molecule has 0 bridgehead atoms. The van der Waals surface area contributed by atoms with Crippen molar-refractivity contribution in [3.05, 3.63) is 23.5 Å². The average molecular weight is 250 g/mol. The zero-order valence-electron chi connectivity index (χ0n) is 10.1. The molecule has 0 aromatic carbocycles. The van der Waals surface area contributed by atoms with Crippen molar-refractivity contribution < 1.29 is 0 Å². The van der Waals surface area contributed by atoms with E-state index in [2.05, 4.69) is 44.3 Å². The lowest BCUT2D eigenvalue weighted by Crippen LogP contribution is -2.36. The number of rotatable bonds is 4. The lowest BCUT2D eigenvalue weighted by molar-refractivity contribution is 0.208. The summed E-state index contributed by atoms with van der Waals surface area (Å²) in [7, 11) is 0. The van der Waals surface area contributed by atoms with E-state index in [1.54, 1.807) is 11.3 Å². The lowest BCUT2D eigenvalue weighted by Gasteiger charge is -2.25. The van der Waals surface area contributed by atoms with E-state index in [1.807, 2.05) is 0 Å². The predicted octanol–water partition coefficient (Wildman–Crippen LogP) is 1.58. The van der Waals surface area contributed by atoms with Crippen LogP contribution in [0.4, 0.5) is 0 Å². The molecule has 0 amide bonds. The van der Waals surface area contributed by atoms with Crippen LogP contribution in [-0.4, -0.2) is 40.0 Å². The van der Waals surface area contributed by atoms with Gasteiger partial charge in [0.25, 0.3) is 0 Å². The molecule has 2 aromatic rings. The average Bonchev–Trinajstić information content (AvgIpc) is 3.01. The van der Waals surface area contributed by atoms with Crippen LogP contribution in [0.2, 0.25) is 0 Å². The highest BCUT2D eigenvalue weighted by Gasteiger charge is 2.21. The SMILES string of the molecule is CCN(Cc1cn2ccsc2n1)C1CCNC1. The Morgan fingerprint density at radius 2 is 2.59 bits per heavy atom. The van der Waals surface area contributed by atoms with Crippen LogP contribution >= 0.6 is 11.3 Å². The van der Waals surface area contributed by atoms with Crippen LogP contribution in [0, 0.1) is 0 Å². The fourth-order valence-corrected chi connectivity index (χ4v) is 3.23. The van der Waals surface area contributed by atoms with Gasteiger partial charge in [-0.05, 0) is 19.5 Å². The zero-order valence-corrected chi connectivity index (χ0v) is 10.9. The summed E-state index contributed by atoms with van der Waals surface area (Å²) in [6, 6.07) is 0.680. The highest BCUT2D eigenvalue weighted by atomic mass is 32.1. The Morgan fingerprint density at radius 1 is 1.65 bits per heavy atom. The molecular formula is C12H18N4S. The van der Waals surface area contributed by atoms with Crippen LogP contribution in [0.25, 0.3) is 4.96 Å². The molecule has 1 aliphatic rings. The largest absolute Gasteiger partial charge is 0.315 e. The summed E-state index contributed by atoms with van der Waals surface area (Å²) in [6.45, 7) is 6.57. The van der Waals surface area contributed by atoms with Gasteiger partial charge in [-0.3, -0.25) is 9.30 Å². The number of nitrogens with one attached hydrogen (secondary N) is 1. The Morgan fingerprint density at radius 3 is 3.29 bits per heavy atom. The molecule has 5 heteroatoms. The summed E-state index contributed by atoms with van der Waals surface area (Å²) in [5.74, 6) is 0. The van der Waals surface area contributed by atoms with E-state index < -0.39 is 0 Å². The van der Waals surface area contributed by atoms with E-state index in [0.717, 1.165) is 31.1 Å². The Balaban J connectivity index is 1.73. The molecule has 1 fully saturated rings. The minimum absolute atomic E-state index is 0.680. The molecule has 0 aliphatic carbocycles. The van der Waals surface area contributed by atoms with Gasteiger partial charge in [0.1, 0.15) is 0 Å². The smallest absolute Gasteiger partial charge is 0.193 e. The number of imidazole rings is 1. The number of likely N-dealkylation sites (N-methyl/N-ethyl adjacent to an activating group) is 1.